The number of nitrogens with one attached hydrogen (secondary N) is 1. The zero-order chi connectivity index (χ0) is 13.1. The largest absolute Gasteiger partial charge is 0.313 e. The molecule has 4 atom stereocenters. The third kappa shape index (κ3) is 2.77. The molecule has 0 saturated heterocycles. The summed E-state index contributed by atoms with van der Waals surface area (Å²) < 4.78 is 2.21. The van der Waals surface area contributed by atoms with E-state index < -0.39 is 0 Å². The molecule has 4 unspecified atom stereocenters. The van der Waals surface area contributed by atoms with E-state index in [4.69, 9.17) is 0 Å². The summed E-state index contributed by atoms with van der Waals surface area (Å²) in [6.45, 7) is 6.97. The van der Waals surface area contributed by atoms with Gasteiger partial charge in [-0.25, -0.2) is 0 Å². The van der Waals surface area contributed by atoms with Crippen LogP contribution in [0.3, 0.4) is 0 Å². The molecule has 0 amide bonds. The standard InChI is InChI=1S/C15H27N3/c1-5-15(16-4)13-9-17-18(10-13)14-7-6-11(2)12(3)8-14/h9-12,14-16H,5-8H2,1-4H3. The molecule has 2 rings (SSSR count). The van der Waals surface area contributed by atoms with Crippen LogP contribution in [0.4, 0.5) is 0 Å². The van der Waals surface area contributed by atoms with E-state index in [1.807, 2.05) is 13.2 Å². The van der Waals surface area contributed by atoms with Crippen molar-refractivity contribution in [2.24, 2.45) is 11.8 Å². The summed E-state index contributed by atoms with van der Waals surface area (Å²) in [4.78, 5) is 0. The fourth-order valence-corrected chi connectivity index (χ4v) is 3.10. The summed E-state index contributed by atoms with van der Waals surface area (Å²) >= 11 is 0. The van der Waals surface area contributed by atoms with Crippen molar-refractivity contribution in [2.45, 2.75) is 58.5 Å². The first kappa shape index (κ1) is 13.6. The van der Waals surface area contributed by atoms with Gasteiger partial charge in [0.1, 0.15) is 0 Å². The Morgan fingerprint density at radius 3 is 2.78 bits per heavy atom. The molecule has 1 aromatic rings. The Kier molecular flexibility index (Phi) is 4.44. The third-order valence-electron chi connectivity index (χ3n) is 4.73. The minimum atomic E-state index is 0.443. The average Bonchev–Trinajstić information content (AvgIpc) is 2.84. The van der Waals surface area contributed by atoms with E-state index in [1.54, 1.807) is 0 Å². The third-order valence-corrected chi connectivity index (χ3v) is 4.73. The predicted molar refractivity (Wildman–Crippen MR) is 75.5 cm³/mol. The Morgan fingerprint density at radius 1 is 1.39 bits per heavy atom. The molecule has 1 N–H and O–H groups in total. The summed E-state index contributed by atoms with van der Waals surface area (Å²) in [5.41, 5.74) is 1.33. The quantitative estimate of drug-likeness (QED) is 0.884. The maximum absolute atomic E-state index is 4.59. The molecular formula is C15H27N3. The van der Waals surface area contributed by atoms with Gasteiger partial charge in [-0.3, -0.25) is 4.68 Å². The van der Waals surface area contributed by atoms with E-state index in [9.17, 15) is 0 Å². The predicted octanol–water partition coefficient (Wildman–Crippen LogP) is 3.55. The molecule has 0 radical (unpaired) electrons. The lowest BCUT2D eigenvalue weighted by atomic mass is 9.79. The van der Waals surface area contributed by atoms with Crippen LogP contribution in [0.5, 0.6) is 0 Å². The lowest BCUT2D eigenvalue weighted by Crippen LogP contribution is -2.23. The molecule has 0 aromatic carbocycles. The van der Waals surface area contributed by atoms with Gasteiger partial charge >= 0.3 is 0 Å². The molecule has 1 aromatic heterocycles. The Hall–Kier alpha value is -0.830. The maximum atomic E-state index is 4.59. The van der Waals surface area contributed by atoms with Gasteiger partial charge in [0.05, 0.1) is 12.2 Å². The van der Waals surface area contributed by atoms with Crippen molar-refractivity contribution < 1.29 is 0 Å². The lowest BCUT2D eigenvalue weighted by molar-refractivity contribution is 0.201. The van der Waals surface area contributed by atoms with Gasteiger partial charge in [0, 0.05) is 17.8 Å². The summed E-state index contributed by atoms with van der Waals surface area (Å²) in [5.74, 6) is 1.69. The zero-order valence-electron chi connectivity index (χ0n) is 12.2. The van der Waals surface area contributed by atoms with Crippen molar-refractivity contribution in [1.82, 2.24) is 15.1 Å². The van der Waals surface area contributed by atoms with E-state index in [0.717, 1.165) is 18.3 Å². The number of nitrogens with zero attached hydrogens (tertiary/aromatic N) is 2. The number of hydrogen-bond acceptors (Lipinski definition) is 2. The van der Waals surface area contributed by atoms with Gasteiger partial charge in [0.15, 0.2) is 0 Å². The van der Waals surface area contributed by atoms with Crippen molar-refractivity contribution in [1.29, 1.82) is 0 Å². The fraction of sp³-hybridized carbons (Fsp3) is 0.800. The van der Waals surface area contributed by atoms with Crippen LogP contribution < -0.4 is 5.32 Å². The lowest BCUT2D eigenvalue weighted by Gasteiger charge is -2.32. The zero-order valence-corrected chi connectivity index (χ0v) is 12.2. The molecule has 1 saturated carbocycles. The second-order valence-corrected chi connectivity index (χ2v) is 5.92. The highest BCUT2D eigenvalue weighted by Gasteiger charge is 2.26. The molecule has 1 fully saturated rings. The first-order valence-electron chi connectivity index (χ1n) is 7.37. The van der Waals surface area contributed by atoms with Crippen molar-refractivity contribution in [3.8, 4) is 0 Å². The first-order chi connectivity index (χ1) is 8.65. The number of rotatable bonds is 4. The van der Waals surface area contributed by atoms with Gasteiger partial charge in [0.25, 0.3) is 0 Å². The smallest absolute Gasteiger partial charge is 0.0537 e. The first-order valence-corrected chi connectivity index (χ1v) is 7.37. The SMILES string of the molecule is CCC(NC)c1cnn(C2CCC(C)C(C)C2)c1. The van der Waals surface area contributed by atoms with Crippen molar-refractivity contribution in [3.63, 3.8) is 0 Å². The summed E-state index contributed by atoms with van der Waals surface area (Å²) in [7, 11) is 2.02. The summed E-state index contributed by atoms with van der Waals surface area (Å²) in [6, 6.07) is 1.05. The molecule has 1 aliphatic rings. The maximum Gasteiger partial charge on any atom is 0.0537 e. The van der Waals surface area contributed by atoms with Crippen LogP contribution in [0, 0.1) is 11.8 Å². The van der Waals surface area contributed by atoms with Crippen molar-refractivity contribution in [2.75, 3.05) is 7.05 Å². The van der Waals surface area contributed by atoms with E-state index in [-0.39, 0.29) is 0 Å². The molecule has 0 spiro atoms. The normalized spacial score (nSPS) is 30.3. The fourth-order valence-electron chi connectivity index (χ4n) is 3.10. The Morgan fingerprint density at radius 2 is 2.17 bits per heavy atom. The van der Waals surface area contributed by atoms with Crippen LogP contribution in [0.15, 0.2) is 12.4 Å². The molecule has 3 heteroatoms. The molecule has 0 bridgehead atoms. The molecule has 18 heavy (non-hydrogen) atoms. The highest BCUT2D eigenvalue weighted by Crippen LogP contribution is 2.36. The van der Waals surface area contributed by atoms with Gasteiger partial charge in [-0.2, -0.15) is 5.10 Å². The van der Waals surface area contributed by atoms with E-state index in [1.165, 1.54) is 24.8 Å². The minimum absolute atomic E-state index is 0.443. The summed E-state index contributed by atoms with van der Waals surface area (Å²) in [6.07, 6.45) is 9.29. The highest BCUT2D eigenvalue weighted by atomic mass is 15.3. The van der Waals surface area contributed by atoms with Crippen LogP contribution >= 0.6 is 0 Å². The molecule has 0 aliphatic heterocycles. The van der Waals surface area contributed by atoms with Gasteiger partial charge in [-0.1, -0.05) is 20.8 Å². The van der Waals surface area contributed by atoms with Gasteiger partial charge in [-0.15, -0.1) is 0 Å². The molecule has 102 valence electrons. The Labute approximate surface area is 111 Å². The van der Waals surface area contributed by atoms with Crippen LogP contribution in [-0.2, 0) is 0 Å². The molecule has 3 nitrogen and oxygen atoms in total. The van der Waals surface area contributed by atoms with Gasteiger partial charge in [-0.05, 0) is 44.6 Å². The van der Waals surface area contributed by atoms with E-state index in [0.29, 0.717) is 12.1 Å². The van der Waals surface area contributed by atoms with E-state index in [2.05, 4.69) is 42.1 Å². The van der Waals surface area contributed by atoms with Crippen LogP contribution in [0.1, 0.15) is 64.1 Å². The van der Waals surface area contributed by atoms with Crippen molar-refractivity contribution >= 4 is 0 Å². The van der Waals surface area contributed by atoms with E-state index >= 15 is 0 Å². The average molecular weight is 249 g/mol. The summed E-state index contributed by atoms with van der Waals surface area (Å²) in [5, 5.41) is 7.94. The number of hydrogen-bond donors (Lipinski definition) is 1. The molecule has 1 heterocycles. The Balaban J connectivity index is 2.06. The van der Waals surface area contributed by atoms with Gasteiger partial charge in [0.2, 0.25) is 0 Å². The van der Waals surface area contributed by atoms with Gasteiger partial charge < -0.3 is 5.32 Å². The van der Waals surface area contributed by atoms with Crippen molar-refractivity contribution in [3.05, 3.63) is 18.0 Å². The van der Waals surface area contributed by atoms with Crippen LogP contribution in [-0.4, -0.2) is 16.8 Å². The minimum Gasteiger partial charge on any atom is -0.313 e. The number of aromatic nitrogens is 2. The van der Waals surface area contributed by atoms with Crippen LogP contribution in [0.2, 0.25) is 0 Å². The van der Waals surface area contributed by atoms with Crippen LogP contribution in [0.25, 0.3) is 0 Å². The topological polar surface area (TPSA) is 29.9 Å². The second kappa shape index (κ2) is 5.87. The molecule has 1 aliphatic carbocycles. The second-order valence-electron chi connectivity index (χ2n) is 5.92. The molecular weight excluding hydrogens is 222 g/mol. The highest BCUT2D eigenvalue weighted by molar-refractivity contribution is 5.10. The Bertz CT molecular complexity index is 368. The monoisotopic (exact) mass is 249 g/mol.